The van der Waals surface area contributed by atoms with Gasteiger partial charge in [-0.05, 0) is 38.5 Å². The van der Waals surface area contributed by atoms with Crippen molar-refractivity contribution in [3.8, 4) is 0 Å². The molecule has 1 aromatic heterocycles. The monoisotopic (exact) mass is 285 g/mol. The largest absolute Gasteiger partial charge is 0.398 e. The van der Waals surface area contributed by atoms with Gasteiger partial charge in [-0.2, -0.15) is 0 Å². The van der Waals surface area contributed by atoms with Crippen LogP contribution in [0.15, 0.2) is 47.4 Å². The van der Waals surface area contributed by atoms with Crippen LogP contribution in [0.4, 0.5) is 11.4 Å². The number of rotatable bonds is 6. The average molecular weight is 285 g/mol. The first kappa shape index (κ1) is 15.2. The Kier molecular flexibility index (Phi) is 5.04. The van der Waals surface area contributed by atoms with E-state index in [0.29, 0.717) is 12.2 Å². The molecule has 0 bridgehead atoms. The quantitative estimate of drug-likeness (QED) is 0.887. The zero-order valence-corrected chi connectivity index (χ0v) is 12.7. The van der Waals surface area contributed by atoms with Crippen LogP contribution in [0.5, 0.6) is 0 Å². The van der Waals surface area contributed by atoms with E-state index in [1.807, 2.05) is 0 Å². The number of nitrogens with two attached hydrogens (primary N) is 1. The molecular formula is C17H23N3O. The average Bonchev–Trinajstić information content (AvgIpc) is 2.48. The number of aromatic nitrogens is 1. The van der Waals surface area contributed by atoms with Crippen molar-refractivity contribution in [2.45, 2.75) is 26.8 Å². The molecule has 112 valence electrons. The van der Waals surface area contributed by atoms with E-state index in [9.17, 15) is 4.79 Å². The van der Waals surface area contributed by atoms with Crippen molar-refractivity contribution in [3.05, 3.63) is 58.5 Å². The molecule has 4 nitrogen and oxygen atoms in total. The lowest BCUT2D eigenvalue weighted by atomic mass is 10.2. The van der Waals surface area contributed by atoms with Crippen LogP contribution in [0.2, 0.25) is 0 Å². The number of hydrogen-bond acceptors (Lipinski definition) is 3. The van der Waals surface area contributed by atoms with Crippen molar-refractivity contribution in [2.24, 2.45) is 0 Å². The second-order valence-corrected chi connectivity index (χ2v) is 5.26. The Morgan fingerprint density at radius 3 is 2.52 bits per heavy atom. The first-order valence-corrected chi connectivity index (χ1v) is 7.37. The van der Waals surface area contributed by atoms with Crippen LogP contribution in [0.1, 0.15) is 18.9 Å². The molecule has 1 aromatic carbocycles. The van der Waals surface area contributed by atoms with Crippen LogP contribution >= 0.6 is 0 Å². The zero-order valence-electron chi connectivity index (χ0n) is 12.7. The van der Waals surface area contributed by atoms with Gasteiger partial charge in [0.1, 0.15) is 0 Å². The summed E-state index contributed by atoms with van der Waals surface area (Å²) in [6, 6.07) is 11.7. The fraction of sp³-hybridized carbons (Fsp3) is 0.353. The Morgan fingerprint density at radius 2 is 1.86 bits per heavy atom. The summed E-state index contributed by atoms with van der Waals surface area (Å²) in [5, 5.41) is 0. The minimum absolute atomic E-state index is 0.00239. The van der Waals surface area contributed by atoms with E-state index in [2.05, 4.69) is 43.0 Å². The van der Waals surface area contributed by atoms with Crippen LogP contribution in [0.25, 0.3) is 0 Å². The lowest BCUT2D eigenvalue weighted by molar-refractivity contribution is 0.611. The van der Waals surface area contributed by atoms with Gasteiger partial charge in [-0.25, -0.2) is 0 Å². The van der Waals surface area contributed by atoms with Crippen LogP contribution < -0.4 is 16.2 Å². The second kappa shape index (κ2) is 6.97. The number of benzene rings is 1. The smallest absolute Gasteiger partial charge is 0.250 e. The van der Waals surface area contributed by atoms with Gasteiger partial charge in [0.25, 0.3) is 5.56 Å². The second-order valence-electron chi connectivity index (χ2n) is 5.26. The molecule has 0 aliphatic heterocycles. The van der Waals surface area contributed by atoms with Crippen LogP contribution in [0, 0.1) is 6.92 Å². The lowest BCUT2D eigenvalue weighted by Crippen LogP contribution is -2.26. The molecule has 0 saturated carbocycles. The summed E-state index contributed by atoms with van der Waals surface area (Å²) in [6.07, 6.45) is 2.62. The highest BCUT2D eigenvalue weighted by molar-refractivity contribution is 5.47. The molecule has 0 spiro atoms. The fourth-order valence-electron chi connectivity index (χ4n) is 2.38. The molecule has 2 N–H and O–H groups in total. The van der Waals surface area contributed by atoms with Crippen molar-refractivity contribution < 1.29 is 0 Å². The normalized spacial score (nSPS) is 10.6. The third-order valence-electron chi connectivity index (χ3n) is 3.61. The number of nitrogen functional groups attached to an aromatic ring is 1. The third-order valence-corrected chi connectivity index (χ3v) is 3.61. The molecule has 2 rings (SSSR count). The van der Waals surface area contributed by atoms with Crippen molar-refractivity contribution in [1.82, 2.24) is 4.57 Å². The summed E-state index contributed by atoms with van der Waals surface area (Å²) in [5.74, 6) is 0. The van der Waals surface area contributed by atoms with Gasteiger partial charge in [-0.3, -0.25) is 4.79 Å². The zero-order chi connectivity index (χ0) is 15.2. The van der Waals surface area contributed by atoms with Crippen molar-refractivity contribution >= 4 is 11.4 Å². The Hall–Kier alpha value is -2.23. The minimum atomic E-state index is 0.00239. The van der Waals surface area contributed by atoms with E-state index >= 15 is 0 Å². The molecule has 0 atom stereocenters. The van der Waals surface area contributed by atoms with E-state index in [1.54, 1.807) is 16.8 Å². The summed E-state index contributed by atoms with van der Waals surface area (Å²) in [5.41, 5.74) is 8.84. The van der Waals surface area contributed by atoms with Gasteiger partial charge in [-0.1, -0.05) is 17.7 Å². The number of hydrogen-bond donors (Lipinski definition) is 1. The molecule has 1 heterocycles. The maximum Gasteiger partial charge on any atom is 0.250 e. The van der Waals surface area contributed by atoms with Gasteiger partial charge in [-0.15, -0.1) is 0 Å². The number of anilines is 2. The Bertz CT molecular complexity index is 631. The molecule has 0 saturated heterocycles. The fourth-order valence-corrected chi connectivity index (χ4v) is 2.38. The minimum Gasteiger partial charge on any atom is -0.398 e. The van der Waals surface area contributed by atoms with Crippen molar-refractivity contribution in [1.29, 1.82) is 0 Å². The predicted molar refractivity (Wildman–Crippen MR) is 88.8 cm³/mol. The summed E-state index contributed by atoms with van der Waals surface area (Å²) < 4.78 is 1.68. The molecule has 0 radical (unpaired) electrons. The van der Waals surface area contributed by atoms with Crippen LogP contribution in [-0.2, 0) is 6.54 Å². The molecule has 2 aromatic rings. The van der Waals surface area contributed by atoms with Gasteiger partial charge in [0, 0.05) is 43.3 Å². The van der Waals surface area contributed by atoms with Crippen LogP contribution in [0.3, 0.4) is 0 Å². The topological polar surface area (TPSA) is 51.3 Å². The lowest BCUT2D eigenvalue weighted by Gasteiger charge is -2.23. The van der Waals surface area contributed by atoms with Gasteiger partial charge in [0.2, 0.25) is 0 Å². The standard InChI is InChI=1S/C17H23N3O/c1-3-19(16-8-5-14(2)6-9-16)11-4-12-20-13-15(18)7-10-17(20)21/h5-10,13H,3-4,11-12,18H2,1-2H3. The molecule has 0 amide bonds. The van der Waals surface area contributed by atoms with Crippen molar-refractivity contribution in [3.63, 3.8) is 0 Å². The molecule has 4 heteroatoms. The van der Waals surface area contributed by atoms with E-state index in [-0.39, 0.29) is 5.56 Å². The highest BCUT2D eigenvalue weighted by atomic mass is 16.1. The summed E-state index contributed by atoms with van der Waals surface area (Å²) in [6.45, 7) is 6.79. The molecule has 0 unspecified atom stereocenters. The first-order chi connectivity index (χ1) is 10.1. The first-order valence-electron chi connectivity index (χ1n) is 7.37. The van der Waals surface area contributed by atoms with Gasteiger partial charge in [0.15, 0.2) is 0 Å². The number of nitrogens with zero attached hydrogens (tertiary/aromatic N) is 2. The summed E-state index contributed by atoms with van der Waals surface area (Å²) in [7, 11) is 0. The predicted octanol–water partition coefficient (Wildman–Crippen LogP) is 2.66. The highest BCUT2D eigenvalue weighted by Gasteiger charge is 2.04. The van der Waals surface area contributed by atoms with Crippen LogP contribution in [-0.4, -0.2) is 17.7 Å². The Labute approximate surface area is 125 Å². The van der Waals surface area contributed by atoms with Crippen molar-refractivity contribution in [2.75, 3.05) is 23.7 Å². The molecule has 0 aliphatic carbocycles. The van der Waals surface area contributed by atoms with E-state index < -0.39 is 0 Å². The third kappa shape index (κ3) is 4.12. The summed E-state index contributed by atoms with van der Waals surface area (Å²) in [4.78, 5) is 14.0. The van der Waals surface area contributed by atoms with E-state index in [1.165, 1.54) is 17.3 Å². The molecule has 21 heavy (non-hydrogen) atoms. The van der Waals surface area contributed by atoms with Gasteiger partial charge in [0.05, 0.1) is 0 Å². The number of pyridine rings is 1. The summed E-state index contributed by atoms with van der Waals surface area (Å²) >= 11 is 0. The maximum absolute atomic E-state index is 11.7. The SMILES string of the molecule is CCN(CCCn1cc(N)ccc1=O)c1ccc(C)cc1. The Morgan fingerprint density at radius 1 is 1.14 bits per heavy atom. The highest BCUT2D eigenvalue weighted by Crippen LogP contribution is 2.15. The molecule has 0 fully saturated rings. The van der Waals surface area contributed by atoms with Gasteiger partial charge < -0.3 is 15.2 Å². The van der Waals surface area contributed by atoms with E-state index in [4.69, 9.17) is 5.73 Å². The van der Waals surface area contributed by atoms with Gasteiger partial charge >= 0.3 is 0 Å². The maximum atomic E-state index is 11.7. The number of aryl methyl sites for hydroxylation is 2. The molecule has 0 aliphatic rings. The molecular weight excluding hydrogens is 262 g/mol. The Balaban J connectivity index is 1.96. The van der Waals surface area contributed by atoms with E-state index in [0.717, 1.165) is 19.5 Å².